The number of hydrogen-bond acceptors (Lipinski definition) is 5. The van der Waals surface area contributed by atoms with Crippen LogP contribution < -0.4 is 0 Å². The number of benzene rings is 1. The number of nitrogens with zero attached hydrogens (tertiary/aromatic N) is 3. The molecule has 0 bridgehead atoms. The molecule has 0 fully saturated rings. The zero-order chi connectivity index (χ0) is 19.0. The minimum absolute atomic E-state index is 0.0539. The fourth-order valence-electron chi connectivity index (χ4n) is 2.91. The van der Waals surface area contributed by atoms with Crippen LogP contribution in [0.5, 0.6) is 0 Å². The maximum Gasteiger partial charge on any atom is 0.335 e. The molecule has 2 aromatic rings. The van der Waals surface area contributed by atoms with Crippen LogP contribution in [-0.2, 0) is 9.59 Å². The zero-order valence-electron chi connectivity index (χ0n) is 14.4. The minimum Gasteiger partial charge on any atom is -0.478 e. The first-order valence-electron chi connectivity index (χ1n) is 7.80. The van der Waals surface area contributed by atoms with Gasteiger partial charge in [-0.25, -0.2) is 9.78 Å². The molecule has 1 atom stereocenters. The molecule has 26 heavy (non-hydrogen) atoms. The van der Waals surface area contributed by atoms with E-state index in [0.29, 0.717) is 27.8 Å². The topological polar surface area (TPSA) is 82.9 Å². The summed E-state index contributed by atoms with van der Waals surface area (Å²) in [5, 5.41) is 12.9. The van der Waals surface area contributed by atoms with E-state index in [4.69, 9.17) is 11.6 Å². The standard InChI is InChI=1S/C18H16ClN3O3S/c1-9-15(18(24)25)16(12-4-6-13(19)7-5-12)21-17(22(9)11(3)23)14-8-26-10(2)20-14/h4-8,16H,1-3H3,(H,24,25). The molecule has 134 valence electrons. The lowest BCUT2D eigenvalue weighted by Gasteiger charge is -2.31. The van der Waals surface area contributed by atoms with Crippen LogP contribution in [-0.4, -0.2) is 32.7 Å². The molecule has 1 unspecified atom stereocenters. The van der Waals surface area contributed by atoms with Crippen molar-refractivity contribution in [2.24, 2.45) is 4.99 Å². The van der Waals surface area contributed by atoms with E-state index in [1.807, 2.05) is 12.3 Å². The molecule has 8 heteroatoms. The highest BCUT2D eigenvalue weighted by Gasteiger charge is 2.36. The number of aryl methyl sites for hydroxylation is 1. The molecule has 2 heterocycles. The van der Waals surface area contributed by atoms with E-state index in [1.165, 1.54) is 23.2 Å². The minimum atomic E-state index is -1.12. The Labute approximate surface area is 159 Å². The Hall–Kier alpha value is -2.51. The number of thiazole rings is 1. The number of carboxylic acid groups (broad SMARTS) is 1. The highest BCUT2D eigenvalue weighted by Crippen LogP contribution is 2.36. The van der Waals surface area contributed by atoms with Gasteiger partial charge in [-0.1, -0.05) is 23.7 Å². The van der Waals surface area contributed by atoms with Crippen LogP contribution in [0.15, 0.2) is 45.9 Å². The number of aliphatic imine (C=N–C) groups is 1. The number of rotatable bonds is 3. The number of amidine groups is 1. The molecule has 3 rings (SSSR count). The van der Waals surface area contributed by atoms with Gasteiger partial charge in [0.15, 0.2) is 5.84 Å². The lowest BCUT2D eigenvalue weighted by Crippen LogP contribution is -2.40. The first kappa shape index (κ1) is 18.3. The van der Waals surface area contributed by atoms with Gasteiger partial charge in [0, 0.05) is 23.0 Å². The third kappa shape index (κ3) is 3.27. The summed E-state index contributed by atoms with van der Waals surface area (Å²) in [6.45, 7) is 4.85. The number of halogens is 1. The fourth-order valence-corrected chi connectivity index (χ4v) is 3.63. The maximum atomic E-state index is 12.2. The highest BCUT2D eigenvalue weighted by molar-refractivity contribution is 7.09. The van der Waals surface area contributed by atoms with Gasteiger partial charge in [0.25, 0.3) is 0 Å². The van der Waals surface area contributed by atoms with E-state index in [9.17, 15) is 14.7 Å². The normalized spacial score (nSPS) is 17.3. The Kier molecular flexibility index (Phi) is 4.93. The molecule has 6 nitrogen and oxygen atoms in total. The summed E-state index contributed by atoms with van der Waals surface area (Å²) in [5.74, 6) is -1.09. The van der Waals surface area contributed by atoms with Crippen molar-refractivity contribution in [1.29, 1.82) is 0 Å². The van der Waals surface area contributed by atoms with Gasteiger partial charge in [-0.15, -0.1) is 11.3 Å². The van der Waals surface area contributed by atoms with Crippen LogP contribution >= 0.6 is 22.9 Å². The predicted molar refractivity (Wildman–Crippen MR) is 100 cm³/mol. The fraction of sp³-hybridized carbons (Fsp3) is 0.222. The van der Waals surface area contributed by atoms with Crippen LogP contribution in [0.4, 0.5) is 0 Å². The smallest absolute Gasteiger partial charge is 0.335 e. The van der Waals surface area contributed by atoms with Crippen molar-refractivity contribution in [3.63, 3.8) is 0 Å². The van der Waals surface area contributed by atoms with Gasteiger partial charge >= 0.3 is 5.97 Å². The predicted octanol–water partition coefficient (Wildman–Crippen LogP) is 3.81. The number of allylic oxidation sites excluding steroid dienone is 1. The zero-order valence-corrected chi connectivity index (χ0v) is 15.9. The second-order valence-electron chi connectivity index (χ2n) is 5.82. The molecule has 0 spiro atoms. The Morgan fingerprint density at radius 2 is 1.88 bits per heavy atom. The van der Waals surface area contributed by atoms with Gasteiger partial charge < -0.3 is 5.11 Å². The van der Waals surface area contributed by atoms with Gasteiger partial charge in [0.1, 0.15) is 11.7 Å². The van der Waals surface area contributed by atoms with Gasteiger partial charge in [-0.2, -0.15) is 0 Å². The summed E-state index contributed by atoms with van der Waals surface area (Å²) in [6, 6.07) is 6.09. The van der Waals surface area contributed by atoms with E-state index in [0.717, 1.165) is 5.01 Å². The van der Waals surface area contributed by atoms with Crippen molar-refractivity contribution in [2.45, 2.75) is 26.8 Å². The number of carbonyl (C=O) groups is 2. The first-order valence-corrected chi connectivity index (χ1v) is 9.06. The number of aromatic nitrogens is 1. The van der Waals surface area contributed by atoms with Crippen LogP contribution in [0.3, 0.4) is 0 Å². The van der Waals surface area contributed by atoms with Crippen molar-refractivity contribution in [3.05, 3.63) is 62.2 Å². The summed E-state index contributed by atoms with van der Waals surface area (Å²) in [6.07, 6.45) is 0. The number of aliphatic carboxylic acids is 1. The molecule has 1 amide bonds. The molecule has 1 aliphatic heterocycles. The molecule has 0 saturated carbocycles. The second-order valence-corrected chi connectivity index (χ2v) is 7.32. The molecule has 1 N–H and O–H groups in total. The monoisotopic (exact) mass is 389 g/mol. The van der Waals surface area contributed by atoms with E-state index in [1.54, 1.807) is 31.2 Å². The van der Waals surface area contributed by atoms with Crippen LogP contribution in [0.1, 0.15) is 36.2 Å². The Bertz CT molecular complexity index is 947. The highest BCUT2D eigenvalue weighted by atomic mass is 35.5. The number of carbonyl (C=O) groups excluding carboxylic acids is 1. The molecule has 1 aliphatic rings. The van der Waals surface area contributed by atoms with Crippen LogP contribution in [0.2, 0.25) is 5.02 Å². The number of hydrogen-bond donors (Lipinski definition) is 1. The average Bonchev–Trinajstić information content (AvgIpc) is 3.00. The molecule has 1 aromatic carbocycles. The Morgan fingerprint density at radius 1 is 1.23 bits per heavy atom. The average molecular weight is 390 g/mol. The lowest BCUT2D eigenvalue weighted by atomic mass is 9.95. The van der Waals surface area contributed by atoms with Gasteiger partial charge in [0.05, 0.1) is 10.6 Å². The van der Waals surface area contributed by atoms with Gasteiger partial charge in [0.2, 0.25) is 5.91 Å². The Morgan fingerprint density at radius 3 is 2.38 bits per heavy atom. The quantitative estimate of drug-likeness (QED) is 0.865. The lowest BCUT2D eigenvalue weighted by molar-refractivity contribution is -0.133. The van der Waals surface area contributed by atoms with Crippen molar-refractivity contribution in [3.8, 4) is 0 Å². The summed E-state index contributed by atoms with van der Waals surface area (Å²) in [4.78, 5) is 34.5. The SMILES string of the molecule is CC(=O)N1C(c2csc(C)n2)=NC(c2ccc(Cl)cc2)C(C(=O)O)=C1C. The van der Waals surface area contributed by atoms with E-state index in [2.05, 4.69) is 9.98 Å². The summed E-state index contributed by atoms with van der Waals surface area (Å²) in [7, 11) is 0. The van der Waals surface area contributed by atoms with Crippen LogP contribution in [0.25, 0.3) is 0 Å². The largest absolute Gasteiger partial charge is 0.478 e. The van der Waals surface area contributed by atoms with Crippen LogP contribution in [0, 0.1) is 6.92 Å². The Balaban J connectivity index is 2.22. The summed E-state index contributed by atoms with van der Waals surface area (Å²) >= 11 is 7.38. The summed E-state index contributed by atoms with van der Waals surface area (Å²) < 4.78 is 0. The van der Waals surface area contributed by atoms with Crippen molar-refractivity contribution < 1.29 is 14.7 Å². The van der Waals surface area contributed by atoms with E-state index >= 15 is 0 Å². The van der Waals surface area contributed by atoms with E-state index < -0.39 is 12.0 Å². The van der Waals surface area contributed by atoms with E-state index in [-0.39, 0.29) is 11.5 Å². The molecule has 1 aromatic heterocycles. The number of amides is 1. The first-order chi connectivity index (χ1) is 12.3. The second kappa shape index (κ2) is 7.01. The third-order valence-electron chi connectivity index (χ3n) is 4.04. The molecule has 0 saturated heterocycles. The van der Waals surface area contributed by atoms with Gasteiger partial charge in [-0.3, -0.25) is 14.7 Å². The van der Waals surface area contributed by atoms with Gasteiger partial charge in [-0.05, 0) is 31.5 Å². The molecule has 0 aliphatic carbocycles. The molecular weight excluding hydrogens is 374 g/mol. The molecular formula is C18H16ClN3O3S. The van der Waals surface area contributed by atoms with Crippen molar-refractivity contribution in [1.82, 2.24) is 9.88 Å². The van der Waals surface area contributed by atoms with Crippen molar-refractivity contribution in [2.75, 3.05) is 0 Å². The maximum absolute atomic E-state index is 12.2. The summed E-state index contributed by atoms with van der Waals surface area (Å²) in [5.41, 5.74) is 1.61. The van der Waals surface area contributed by atoms with Crippen molar-refractivity contribution >= 4 is 40.6 Å². The molecule has 0 radical (unpaired) electrons. The number of carboxylic acids is 1. The third-order valence-corrected chi connectivity index (χ3v) is 5.07.